The fraction of sp³-hybridized carbons (Fsp3) is 0.350. The molecule has 1 saturated heterocycles. The molecule has 0 aromatic heterocycles. The van der Waals surface area contributed by atoms with Crippen molar-refractivity contribution in [3.63, 3.8) is 0 Å². The number of carbonyl (C=O) groups excluding carboxylic acids is 1. The van der Waals surface area contributed by atoms with Gasteiger partial charge in [-0.25, -0.2) is 4.79 Å². The van der Waals surface area contributed by atoms with Crippen molar-refractivity contribution in [3.8, 4) is 0 Å². The number of hydrogen-bond acceptors (Lipinski definition) is 3. The maximum atomic E-state index is 12.7. The van der Waals surface area contributed by atoms with Crippen molar-refractivity contribution >= 4 is 22.3 Å². The summed E-state index contributed by atoms with van der Waals surface area (Å²) < 4.78 is 43.2. The van der Waals surface area contributed by atoms with E-state index in [1.54, 1.807) is 18.0 Å². The lowest BCUT2D eigenvalue weighted by Gasteiger charge is -2.40. The first kappa shape index (κ1) is 17.1. The molecule has 2 atom stereocenters. The van der Waals surface area contributed by atoms with Crippen molar-refractivity contribution < 1.29 is 22.7 Å². The normalized spacial score (nSPS) is 26.0. The van der Waals surface area contributed by atoms with Gasteiger partial charge in [-0.05, 0) is 53.9 Å². The monoisotopic (exact) mass is 361 g/mol. The molecule has 0 spiro atoms. The van der Waals surface area contributed by atoms with E-state index in [1.807, 2.05) is 42.5 Å². The van der Waals surface area contributed by atoms with Crippen LogP contribution in [0.15, 0.2) is 48.5 Å². The molecule has 3 nitrogen and oxygen atoms in total. The third-order valence-electron chi connectivity index (χ3n) is 5.46. The van der Waals surface area contributed by atoms with Crippen molar-refractivity contribution in [2.75, 3.05) is 7.05 Å². The van der Waals surface area contributed by atoms with Crippen LogP contribution in [0, 0.1) is 0 Å². The minimum Gasteiger partial charge on any atom is -0.433 e. The second-order valence-corrected chi connectivity index (χ2v) is 6.97. The van der Waals surface area contributed by atoms with Gasteiger partial charge in [0.25, 0.3) is 0 Å². The lowest BCUT2D eigenvalue weighted by Crippen LogP contribution is -2.50. The highest BCUT2D eigenvalue weighted by atomic mass is 19.4. The Labute approximate surface area is 149 Å². The van der Waals surface area contributed by atoms with Crippen LogP contribution in [0.5, 0.6) is 0 Å². The molecule has 1 fully saturated rings. The highest BCUT2D eigenvalue weighted by Crippen LogP contribution is 2.46. The lowest BCUT2D eigenvalue weighted by atomic mass is 9.92. The zero-order valence-electron chi connectivity index (χ0n) is 14.2. The third-order valence-corrected chi connectivity index (χ3v) is 5.46. The fourth-order valence-corrected chi connectivity index (χ4v) is 4.01. The molecule has 2 aromatic rings. The predicted molar refractivity (Wildman–Crippen MR) is 92.2 cm³/mol. The Kier molecular flexibility index (Phi) is 3.84. The van der Waals surface area contributed by atoms with Crippen LogP contribution in [0.3, 0.4) is 0 Å². The van der Waals surface area contributed by atoms with Crippen LogP contribution in [0.4, 0.5) is 13.2 Å². The smallest absolute Gasteiger partial charge is 0.433 e. The second-order valence-electron chi connectivity index (χ2n) is 6.97. The van der Waals surface area contributed by atoms with Crippen molar-refractivity contribution in [2.45, 2.75) is 37.2 Å². The number of nitrogens with zero attached hydrogens (tertiary/aromatic N) is 1. The van der Waals surface area contributed by atoms with Crippen LogP contribution in [-0.2, 0) is 9.53 Å². The molecule has 2 unspecified atom stereocenters. The Bertz CT molecular complexity index is 905. The molecular formula is C20H18F3NO2. The molecule has 0 aliphatic carbocycles. The summed E-state index contributed by atoms with van der Waals surface area (Å²) in [5.74, 6) is -2.14. The summed E-state index contributed by atoms with van der Waals surface area (Å²) in [6.07, 6.45) is -1.52. The van der Waals surface area contributed by atoms with Gasteiger partial charge in [0.2, 0.25) is 0 Å². The molecule has 0 amide bonds. The number of alkyl halides is 3. The molecule has 0 N–H and O–H groups in total. The largest absolute Gasteiger partial charge is 0.491 e. The summed E-state index contributed by atoms with van der Waals surface area (Å²) in [6.45, 7) is 0. The lowest BCUT2D eigenvalue weighted by molar-refractivity contribution is -0.220. The first-order valence-electron chi connectivity index (χ1n) is 8.52. The Balaban J connectivity index is 1.73. The summed E-state index contributed by atoms with van der Waals surface area (Å²) in [5, 5.41) is 2.17. The molecule has 136 valence electrons. The number of hydrogen-bond donors (Lipinski definition) is 0. The zero-order valence-corrected chi connectivity index (χ0v) is 14.2. The fourth-order valence-electron chi connectivity index (χ4n) is 4.01. The topological polar surface area (TPSA) is 29.5 Å². The Hall–Kier alpha value is -2.34. The van der Waals surface area contributed by atoms with Gasteiger partial charge in [-0.15, -0.1) is 0 Å². The van der Waals surface area contributed by atoms with Crippen LogP contribution in [-0.4, -0.2) is 35.9 Å². The number of halogens is 3. The van der Waals surface area contributed by atoms with E-state index in [-0.39, 0.29) is 6.04 Å². The summed E-state index contributed by atoms with van der Waals surface area (Å²) in [6, 6.07) is 14.0. The maximum absolute atomic E-state index is 12.7. The van der Waals surface area contributed by atoms with Crippen molar-refractivity contribution in [1.29, 1.82) is 0 Å². The van der Waals surface area contributed by atoms with Gasteiger partial charge >= 0.3 is 12.1 Å². The predicted octanol–water partition coefficient (Wildman–Crippen LogP) is 4.52. The summed E-state index contributed by atoms with van der Waals surface area (Å²) in [5.41, 5.74) is 0.554. The molecule has 0 radical (unpaired) electrons. The maximum Gasteiger partial charge on any atom is 0.491 e. The number of rotatable bonds is 2. The minimum atomic E-state index is -5.00. The van der Waals surface area contributed by atoms with Gasteiger partial charge in [0.1, 0.15) is 0 Å². The zero-order chi connectivity index (χ0) is 18.5. The van der Waals surface area contributed by atoms with Gasteiger partial charge < -0.3 is 4.74 Å². The number of carbonyl (C=O) groups is 1. The molecule has 6 heteroatoms. The number of fused-ring (bicyclic) bond motifs is 3. The Morgan fingerprint density at radius 3 is 2.65 bits per heavy atom. The van der Waals surface area contributed by atoms with E-state index in [1.165, 1.54) is 0 Å². The quantitative estimate of drug-likeness (QED) is 0.737. The Morgan fingerprint density at radius 2 is 1.92 bits per heavy atom. The van der Waals surface area contributed by atoms with E-state index in [4.69, 9.17) is 4.74 Å². The number of benzene rings is 2. The van der Waals surface area contributed by atoms with Crippen molar-refractivity contribution in [1.82, 2.24) is 4.90 Å². The molecule has 4 rings (SSSR count). The van der Waals surface area contributed by atoms with Crippen molar-refractivity contribution in [2.24, 2.45) is 0 Å². The van der Waals surface area contributed by atoms with E-state index < -0.39 is 17.9 Å². The number of ether oxygens (including phenoxy) is 1. The highest BCUT2D eigenvalue weighted by molar-refractivity contribution is 5.87. The van der Waals surface area contributed by atoms with E-state index >= 15 is 0 Å². The minimum absolute atomic E-state index is 0.0579. The number of likely N-dealkylation sites (N-methyl/N-ethyl adjacent to an activating group) is 1. The van der Waals surface area contributed by atoms with Crippen LogP contribution >= 0.6 is 0 Å². The molecule has 2 bridgehead atoms. The first-order valence-corrected chi connectivity index (χ1v) is 8.52. The average molecular weight is 361 g/mol. The highest BCUT2D eigenvalue weighted by Gasteiger charge is 2.53. The van der Waals surface area contributed by atoms with Gasteiger partial charge in [-0.1, -0.05) is 36.4 Å². The van der Waals surface area contributed by atoms with Gasteiger partial charge in [0.15, 0.2) is 5.72 Å². The molecule has 0 saturated carbocycles. The Morgan fingerprint density at radius 1 is 1.19 bits per heavy atom. The molecule has 2 aliphatic heterocycles. The van der Waals surface area contributed by atoms with E-state index in [0.717, 1.165) is 28.3 Å². The third kappa shape index (κ3) is 2.78. The van der Waals surface area contributed by atoms with Crippen LogP contribution in [0.25, 0.3) is 16.3 Å². The summed E-state index contributed by atoms with van der Waals surface area (Å²) in [7, 11) is 1.72. The van der Waals surface area contributed by atoms with Gasteiger partial charge in [0.05, 0.1) is 0 Å². The molecule has 26 heavy (non-hydrogen) atoms. The van der Waals surface area contributed by atoms with Gasteiger partial charge in [-0.3, -0.25) is 4.90 Å². The summed E-state index contributed by atoms with van der Waals surface area (Å²) in [4.78, 5) is 13.2. The van der Waals surface area contributed by atoms with E-state index in [9.17, 15) is 18.0 Å². The average Bonchev–Trinajstić information content (AvgIpc) is 2.79. The number of esters is 1. The van der Waals surface area contributed by atoms with E-state index in [0.29, 0.717) is 12.8 Å². The van der Waals surface area contributed by atoms with Gasteiger partial charge in [-0.2, -0.15) is 13.2 Å². The molecule has 2 aliphatic rings. The van der Waals surface area contributed by atoms with Crippen LogP contribution in [0.1, 0.15) is 24.8 Å². The standard InChI is InChI=1S/C20H18F3NO2/c1-24-17-8-9-19(24,26-18(25)20(21,22)23)12-16(11-17)15-7-6-13-4-2-3-5-14(13)10-15/h2-7,10,12,17H,8-9,11H2,1H3. The molecule has 2 aromatic carbocycles. The summed E-state index contributed by atoms with van der Waals surface area (Å²) >= 11 is 0. The van der Waals surface area contributed by atoms with Gasteiger partial charge in [0, 0.05) is 12.5 Å². The molecule has 2 heterocycles. The van der Waals surface area contributed by atoms with Crippen LogP contribution in [0.2, 0.25) is 0 Å². The van der Waals surface area contributed by atoms with Crippen LogP contribution < -0.4 is 0 Å². The SMILES string of the molecule is CN1C2CCC1(OC(=O)C(F)(F)F)C=C(c1ccc3ccccc3c1)C2. The van der Waals surface area contributed by atoms with E-state index in [2.05, 4.69) is 0 Å². The second kappa shape index (κ2) is 5.84. The molecular weight excluding hydrogens is 343 g/mol. The first-order chi connectivity index (χ1) is 12.3. The van der Waals surface area contributed by atoms with Crippen molar-refractivity contribution in [3.05, 3.63) is 54.1 Å².